The monoisotopic (exact) mass is 334 g/mol. The second kappa shape index (κ2) is 5.30. The highest BCUT2D eigenvalue weighted by atomic mass is 79.9. The van der Waals surface area contributed by atoms with E-state index in [1.807, 2.05) is 0 Å². The van der Waals surface area contributed by atoms with Crippen LogP contribution < -0.4 is 0 Å². The molecule has 1 N–H and O–H groups in total. The van der Waals surface area contributed by atoms with E-state index in [0.717, 1.165) is 30.3 Å². The van der Waals surface area contributed by atoms with Crippen LogP contribution in [0.1, 0.15) is 17.2 Å². The van der Waals surface area contributed by atoms with Gasteiger partial charge in [0.25, 0.3) is 0 Å². The molecule has 0 saturated carbocycles. The lowest BCUT2D eigenvalue weighted by atomic mass is 10.0. The molecule has 0 aliphatic carbocycles. The van der Waals surface area contributed by atoms with Crippen molar-refractivity contribution in [2.24, 2.45) is 0 Å². The number of hydrogen-bond donors (Lipinski definition) is 1. The summed E-state index contributed by atoms with van der Waals surface area (Å²) in [5, 5.41) is 9.89. The molecule has 2 aromatic carbocycles. The molecule has 0 aliphatic heterocycles. The summed E-state index contributed by atoms with van der Waals surface area (Å²) in [6, 6.07) is 4.29. The van der Waals surface area contributed by atoms with Crippen LogP contribution in [0.15, 0.2) is 34.8 Å². The Morgan fingerprint density at radius 3 is 2.16 bits per heavy atom. The molecule has 0 saturated heterocycles. The Kier molecular flexibility index (Phi) is 3.91. The highest BCUT2D eigenvalue weighted by Gasteiger charge is 2.19. The minimum Gasteiger partial charge on any atom is -0.384 e. The molecule has 2 aromatic rings. The van der Waals surface area contributed by atoms with Crippen molar-refractivity contribution >= 4 is 15.9 Å². The van der Waals surface area contributed by atoms with E-state index in [2.05, 4.69) is 15.9 Å². The first kappa shape index (κ1) is 14.0. The molecule has 0 aliphatic rings. The zero-order valence-corrected chi connectivity index (χ0v) is 10.9. The van der Waals surface area contributed by atoms with Crippen LogP contribution in [0.4, 0.5) is 17.6 Å². The van der Waals surface area contributed by atoms with Crippen LogP contribution in [0.25, 0.3) is 0 Å². The molecule has 1 atom stereocenters. The van der Waals surface area contributed by atoms with Gasteiger partial charge in [-0.15, -0.1) is 0 Å². The molecule has 100 valence electrons. The van der Waals surface area contributed by atoms with Gasteiger partial charge in [-0.2, -0.15) is 0 Å². The normalized spacial score (nSPS) is 12.5. The van der Waals surface area contributed by atoms with E-state index >= 15 is 0 Å². The second-order valence-corrected chi connectivity index (χ2v) is 4.72. The third-order valence-corrected chi connectivity index (χ3v) is 3.20. The van der Waals surface area contributed by atoms with Gasteiger partial charge >= 0.3 is 0 Å². The van der Waals surface area contributed by atoms with Crippen molar-refractivity contribution in [2.75, 3.05) is 0 Å². The number of halogens is 5. The van der Waals surface area contributed by atoms with Gasteiger partial charge in [0, 0.05) is 5.56 Å². The summed E-state index contributed by atoms with van der Waals surface area (Å²) in [4.78, 5) is 0. The van der Waals surface area contributed by atoms with Crippen LogP contribution in [0.2, 0.25) is 0 Å². The van der Waals surface area contributed by atoms with Crippen LogP contribution in [-0.2, 0) is 0 Å². The molecule has 0 radical (unpaired) electrons. The van der Waals surface area contributed by atoms with Gasteiger partial charge in [-0.1, -0.05) is 6.07 Å². The molecule has 19 heavy (non-hydrogen) atoms. The molecule has 0 bridgehead atoms. The van der Waals surface area contributed by atoms with Gasteiger partial charge in [-0.05, 0) is 45.8 Å². The Morgan fingerprint density at radius 2 is 1.53 bits per heavy atom. The van der Waals surface area contributed by atoms with E-state index in [1.165, 1.54) is 0 Å². The van der Waals surface area contributed by atoms with Crippen molar-refractivity contribution in [3.8, 4) is 0 Å². The smallest absolute Gasteiger partial charge is 0.159 e. The zero-order valence-electron chi connectivity index (χ0n) is 9.30. The van der Waals surface area contributed by atoms with Crippen LogP contribution in [0.3, 0.4) is 0 Å². The highest BCUT2D eigenvalue weighted by Crippen LogP contribution is 2.29. The lowest BCUT2D eigenvalue weighted by Gasteiger charge is -2.13. The average Bonchev–Trinajstić information content (AvgIpc) is 2.36. The topological polar surface area (TPSA) is 20.2 Å². The molecule has 0 spiro atoms. The lowest BCUT2D eigenvalue weighted by Crippen LogP contribution is -2.04. The van der Waals surface area contributed by atoms with E-state index in [-0.39, 0.29) is 15.6 Å². The number of rotatable bonds is 2. The maximum absolute atomic E-state index is 13.6. The van der Waals surface area contributed by atoms with Crippen LogP contribution in [0.5, 0.6) is 0 Å². The largest absolute Gasteiger partial charge is 0.384 e. The maximum atomic E-state index is 13.6. The average molecular weight is 335 g/mol. The first-order valence-electron chi connectivity index (χ1n) is 5.17. The Labute approximate surface area is 114 Å². The molecule has 2 rings (SSSR count). The van der Waals surface area contributed by atoms with Gasteiger partial charge in [-0.25, -0.2) is 17.6 Å². The second-order valence-electron chi connectivity index (χ2n) is 3.86. The molecule has 1 nitrogen and oxygen atoms in total. The Balaban J connectivity index is 2.46. The predicted molar refractivity (Wildman–Crippen MR) is 64.5 cm³/mol. The number of benzene rings is 2. The van der Waals surface area contributed by atoms with E-state index in [0.29, 0.717) is 0 Å². The summed E-state index contributed by atoms with van der Waals surface area (Å²) in [5.74, 6) is -3.88. The SMILES string of the molecule is OC(c1ccc(F)c(F)c1)c1cc(F)c(Br)cc1F. The molecule has 0 aromatic heterocycles. The predicted octanol–water partition coefficient (Wildman–Crippen LogP) is 4.09. The number of aliphatic hydroxyl groups excluding tert-OH is 1. The Bertz CT molecular complexity index is 630. The van der Waals surface area contributed by atoms with Gasteiger partial charge in [-0.3, -0.25) is 0 Å². The molecule has 0 amide bonds. The fraction of sp³-hybridized carbons (Fsp3) is 0.0769. The lowest BCUT2D eigenvalue weighted by molar-refractivity contribution is 0.213. The summed E-state index contributed by atoms with van der Waals surface area (Å²) < 4.78 is 52.7. The van der Waals surface area contributed by atoms with Crippen molar-refractivity contribution in [2.45, 2.75) is 6.10 Å². The molecule has 6 heteroatoms. The number of hydrogen-bond acceptors (Lipinski definition) is 1. The molecule has 0 heterocycles. The summed E-state index contributed by atoms with van der Waals surface area (Å²) >= 11 is 2.80. The molecule has 0 fully saturated rings. The summed E-state index contributed by atoms with van der Waals surface area (Å²) in [6.07, 6.45) is -1.59. The summed E-state index contributed by atoms with van der Waals surface area (Å²) in [6.45, 7) is 0. The van der Waals surface area contributed by atoms with E-state index in [1.54, 1.807) is 0 Å². The minimum absolute atomic E-state index is 0.0699. The molecular weight excluding hydrogens is 328 g/mol. The van der Waals surface area contributed by atoms with Crippen LogP contribution in [-0.4, -0.2) is 5.11 Å². The third-order valence-electron chi connectivity index (χ3n) is 2.59. The summed E-state index contributed by atoms with van der Waals surface area (Å²) in [5.41, 5.74) is -0.425. The summed E-state index contributed by atoms with van der Waals surface area (Å²) in [7, 11) is 0. The van der Waals surface area contributed by atoms with E-state index < -0.39 is 29.4 Å². The van der Waals surface area contributed by atoms with E-state index in [4.69, 9.17) is 0 Å². The van der Waals surface area contributed by atoms with Crippen molar-refractivity contribution in [3.05, 3.63) is 69.2 Å². The quantitative estimate of drug-likeness (QED) is 0.648. The Morgan fingerprint density at radius 1 is 0.842 bits per heavy atom. The van der Waals surface area contributed by atoms with Gasteiger partial charge < -0.3 is 5.11 Å². The van der Waals surface area contributed by atoms with E-state index in [9.17, 15) is 22.7 Å². The zero-order chi connectivity index (χ0) is 14.2. The third kappa shape index (κ3) is 2.79. The van der Waals surface area contributed by atoms with Crippen LogP contribution >= 0.6 is 15.9 Å². The van der Waals surface area contributed by atoms with Gasteiger partial charge in [0.2, 0.25) is 0 Å². The van der Waals surface area contributed by atoms with Crippen molar-refractivity contribution in [3.63, 3.8) is 0 Å². The maximum Gasteiger partial charge on any atom is 0.159 e. The first-order valence-corrected chi connectivity index (χ1v) is 5.97. The fourth-order valence-corrected chi connectivity index (χ4v) is 1.92. The van der Waals surface area contributed by atoms with Gasteiger partial charge in [0.15, 0.2) is 11.6 Å². The highest BCUT2D eigenvalue weighted by molar-refractivity contribution is 9.10. The molecular formula is C13H7BrF4O. The molecule has 1 unspecified atom stereocenters. The van der Waals surface area contributed by atoms with Crippen molar-refractivity contribution in [1.29, 1.82) is 0 Å². The minimum atomic E-state index is -1.59. The van der Waals surface area contributed by atoms with Crippen LogP contribution in [0, 0.1) is 23.3 Å². The van der Waals surface area contributed by atoms with Crippen molar-refractivity contribution < 1.29 is 22.7 Å². The number of aliphatic hydroxyl groups is 1. The van der Waals surface area contributed by atoms with Gasteiger partial charge in [0.05, 0.1) is 4.47 Å². The van der Waals surface area contributed by atoms with Crippen molar-refractivity contribution in [1.82, 2.24) is 0 Å². The standard InChI is InChI=1S/C13H7BrF4O/c14-8-5-10(16)7(4-11(8)17)13(19)6-1-2-9(15)12(18)3-6/h1-5,13,19H. The first-order chi connectivity index (χ1) is 8.90. The Hall–Kier alpha value is -1.40. The fourth-order valence-electron chi connectivity index (χ4n) is 1.61. The van der Waals surface area contributed by atoms with Gasteiger partial charge in [0.1, 0.15) is 17.7 Å².